The molecule has 3 heteroatoms. The van der Waals surface area contributed by atoms with E-state index in [4.69, 9.17) is 4.74 Å². The fraction of sp³-hybridized carbons (Fsp3) is 0.600. The Morgan fingerprint density at radius 1 is 1.06 bits per heavy atom. The molecule has 0 bridgehead atoms. The van der Waals surface area contributed by atoms with E-state index in [9.17, 15) is 4.39 Å². The molecule has 3 rings (SSSR count). The van der Waals surface area contributed by atoms with Gasteiger partial charge in [-0.25, -0.2) is 4.39 Å². The molecule has 2 nitrogen and oxygen atoms in total. The summed E-state index contributed by atoms with van der Waals surface area (Å²) in [4.78, 5) is 0. The molecular weight excluding hydrogens is 229 g/mol. The highest BCUT2D eigenvalue weighted by Crippen LogP contribution is 2.31. The zero-order valence-electron chi connectivity index (χ0n) is 10.6. The normalized spacial score (nSPS) is 21.6. The molecule has 0 atom stereocenters. The van der Waals surface area contributed by atoms with Crippen LogP contribution < -0.4 is 10.1 Å². The Labute approximate surface area is 108 Å². The topological polar surface area (TPSA) is 21.3 Å². The summed E-state index contributed by atoms with van der Waals surface area (Å²) in [5, 5.41) is 3.34. The van der Waals surface area contributed by atoms with Crippen LogP contribution in [0.3, 0.4) is 0 Å². The van der Waals surface area contributed by atoms with Gasteiger partial charge >= 0.3 is 0 Å². The summed E-state index contributed by atoms with van der Waals surface area (Å²) in [6, 6.07) is 5.23. The van der Waals surface area contributed by atoms with Crippen LogP contribution in [0.1, 0.15) is 43.6 Å². The standard InChI is InChI=1S/C15H20FNO/c16-13-8-12(11-4-6-17-7-5-11)9-15(10-13)18-14-2-1-3-14/h8-11,14,17H,1-7H2. The highest BCUT2D eigenvalue weighted by Gasteiger charge is 2.21. The smallest absolute Gasteiger partial charge is 0.127 e. The quantitative estimate of drug-likeness (QED) is 0.888. The Bertz CT molecular complexity index is 411. The lowest BCUT2D eigenvalue weighted by Gasteiger charge is -2.28. The van der Waals surface area contributed by atoms with Gasteiger partial charge in [-0.1, -0.05) is 0 Å². The zero-order valence-corrected chi connectivity index (χ0v) is 10.6. The van der Waals surface area contributed by atoms with E-state index in [-0.39, 0.29) is 5.82 Å². The molecule has 1 saturated heterocycles. The van der Waals surface area contributed by atoms with E-state index in [1.165, 1.54) is 12.5 Å². The predicted molar refractivity (Wildman–Crippen MR) is 69.5 cm³/mol. The molecule has 2 aliphatic rings. The van der Waals surface area contributed by atoms with Crippen LogP contribution in [0.15, 0.2) is 18.2 Å². The lowest BCUT2D eigenvalue weighted by Crippen LogP contribution is -2.27. The van der Waals surface area contributed by atoms with E-state index in [1.54, 1.807) is 6.07 Å². The molecule has 1 aliphatic heterocycles. The minimum atomic E-state index is -0.166. The molecule has 0 radical (unpaired) electrons. The van der Waals surface area contributed by atoms with Crippen molar-refractivity contribution in [2.24, 2.45) is 0 Å². The van der Waals surface area contributed by atoms with E-state index in [2.05, 4.69) is 5.32 Å². The van der Waals surface area contributed by atoms with Crippen LogP contribution in [0.5, 0.6) is 5.75 Å². The van der Waals surface area contributed by atoms with Gasteiger partial charge in [0.2, 0.25) is 0 Å². The predicted octanol–water partition coefficient (Wildman–Crippen LogP) is 3.22. The van der Waals surface area contributed by atoms with Crippen LogP contribution in [0.25, 0.3) is 0 Å². The Hall–Kier alpha value is -1.09. The second-order valence-corrected chi connectivity index (χ2v) is 5.42. The van der Waals surface area contributed by atoms with Crippen LogP contribution in [-0.4, -0.2) is 19.2 Å². The maximum Gasteiger partial charge on any atom is 0.127 e. The molecule has 2 fully saturated rings. The fourth-order valence-corrected chi connectivity index (χ4v) is 2.72. The third kappa shape index (κ3) is 2.66. The molecule has 1 aromatic carbocycles. The number of benzene rings is 1. The first-order valence-electron chi connectivity index (χ1n) is 6.99. The Morgan fingerprint density at radius 3 is 2.50 bits per heavy atom. The van der Waals surface area contributed by atoms with Crippen molar-refractivity contribution in [2.75, 3.05) is 13.1 Å². The van der Waals surface area contributed by atoms with E-state index in [0.717, 1.165) is 44.3 Å². The first-order chi connectivity index (χ1) is 8.81. The lowest BCUT2D eigenvalue weighted by atomic mass is 9.90. The number of nitrogens with one attached hydrogen (secondary N) is 1. The summed E-state index contributed by atoms with van der Waals surface area (Å²) in [7, 11) is 0. The van der Waals surface area contributed by atoms with Crippen molar-refractivity contribution in [1.29, 1.82) is 0 Å². The first-order valence-corrected chi connectivity index (χ1v) is 6.99. The molecular formula is C15H20FNO. The molecule has 0 spiro atoms. The molecule has 1 aromatic rings. The van der Waals surface area contributed by atoms with Crippen molar-refractivity contribution < 1.29 is 9.13 Å². The maximum atomic E-state index is 13.7. The van der Waals surface area contributed by atoms with Crippen molar-refractivity contribution in [3.63, 3.8) is 0 Å². The highest BCUT2D eigenvalue weighted by atomic mass is 19.1. The maximum absolute atomic E-state index is 13.7. The number of piperidine rings is 1. The summed E-state index contributed by atoms with van der Waals surface area (Å²) in [5.74, 6) is 1.03. The van der Waals surface area contributed by atoms with Crippen molar-refractivity contribution in [3.8, 4) is 5.75 Å². The van der Waals surface area contributed by atoms with Crippen molar-refractivity contribution >= 4 is 0 Å². The van der Waals surface area contributed by atoms with Crippen LogP contribution in [0.2, 0.25) is 0 Å². The fourth-order valence-electron chi connectivity index (χ4n) is 2.72. The van der Waals surface area contributed by atoms with Crippen molar-refractivity contribution in [1.82, 2.24) is 5.32 Å². The molecule has 98 valence electrons. The number of hydrogen-bond donors (Lipinski definition) is 1. The molecule has 1 heterocycles. The third-order valence-corrected chi connectivity index (χ3v) is 4.06. The van der Waals surface area contributed by atoms with E-state index in [0.29, 0.717) is 17.8 Å². The van der Waals surface area contributed by atoms with E-state index < -0.39 is 0 Å². The molecule has 0 unspecified atom stereocenters. The van der Waals surface area contributed by atoms with Gasteiger partial charge in [0.1, 0.15) is 11.6 Å². The average molecular weight is 249 g/mol. The zero-order chi connectivity index (χ0) is 12.4. The summed E-state index contributed by atoms with van der Waals surface area (Å²) >= 11 is 0. The van der Waals surface area contributed by atoms with Crippen LogP contribution in [-0.2, 0) is 0 Å². The lowest BCUT2D eigenvalue weighted by molar-refractivity contribution is 0.119. The molecule has 1 saturated carbocycles. The number of halogens is 1. The van der Waals surface area contributed by atoms with Gasteiger partial charge in [0.15, 0.2) is 0 Å². The minimum Gasteiger partial charge on any atom is -0.490 e. The van der Waals surface area contributed by atoms with E-state index >= 15 is 0 Å². The Kier molecular flexibility index (Phi) is 3.50. The number of ether oxygens (including phenoxy) is 1. The number of rotatable bonds is 3. The van der Waals surface area contributed by atoms with Gasteiger partial charge in [-0.15, -0.1) is 0 Å². The summed E-state index contributed by atoms with van der Waals surface area (Å²) < 4.78 is 19.5. The average Bonchev–Trinajstić information content (AvgIpc) is 2.34. The van der Waals surface area contributed by atoms with E-state index in [1.807, 2.05) is 6.07 Å². The number of hydrogen-bond acceptors (Lipinski definition) is 2. The second kappa shape index (κ2) is 5.27. The van der Waals surface area contributed by atoms with Crippen molar-refractivity contribution in [3.05, 3.63) is 29.6 Å². The van der Waals surface area contributed by atoms with Gasteiger partial charge in [0.25, 0.3) is 0 Å². The molecule has 1 aliphatic carbocycles. The molecule has 0 amide bonds. The van der Waals surface area contributed by atoms with Gasteiger partial charge in [0, 0.05) is 6.07 Å². The minimum absolute atomic E-state index is 0.166. The summed E-state index contributed by atoms with van der Waals surface area (Å²) in [6.07, 6.45) is 5.95. The van der Waals surface area contributed by atoms with Gasteiger partial charge in [-0.05, 0) is 68.8 Å². The van der Waals surface area contributed by atoms with Gasteiger partial charge < -0.3 is 10.1 Å². The summed E-state index contributed by atoms with van der Waals surface area (Å²) in [5.41, 5.74) is 1.10. The molecule has 1 N–H and O–H groups in total. The van der Waals surface area contributed by atoms with Crippen LogP contribution in [0, 0.1) is 5.82 Å². The van der Waals surface area contributed by atoms with Gasteiger partial charge in [-0.3, -0.25) is 0 Å². The first kappa shape index (κ1) is 12.0. The Morgan fingerprint density at radius 2 is 1.83 bits per heavy atom. The van der Waals surface area contributed by atoms with Crippen molar-refractivity contribution in [2.45, 2.75) is 44.1 Å². The second-order valence-electron chi connectivity index (χ2n) is 5.42. The van der Waals surface area contributed by atoms with Crippen LogP contribution >= 0.6 is 0 Å². The molecule has 18 heavy (non-hydrogen) atoms. The largest absolute Gasteiger partial charge is 0.490 e. The third-order valence-electron chi connectivity index (χ3n) is 4.06. The van der Waals surface area contributed by atoms with Gasteiger partial charge in [-0.2, -0.15) is 0 Å². The Balaban J connectivity index is 1.75. The highest BCUT2D eigenvalue weighted by molar-refractivity contribution is 5.32. The van der Waals surface area contributed by atoms with Crippen LogP contribution in [0.4, 0.5) is 4.39 Å². The monoisotopic (exact) mass is 249 g/mol. The SMILES string of the molecule is Fc1cc(OC2CCC2)cc(C2CCNCC2)c1. The van der Waals surface area contributed by atoms with Gasteiger partial charge in [0.05, 0.1) is 6.10 Å². The summed E-state index contributed by atoms with van der Waals surface area (Å²) in [6.45, 7) is 2.06. The molecule has 0 aromatic heterocycles.